The summed E-state index contributed by atoms with van der Waals surface area (Å²) in [6.07, 6.45) is 7.62. The Morgan fingerprint density at radius 2 is 2.10 bits per heavy atom. The van der Waals surface area contributed by atoms with Crippen LogP contribution in [0.4, 0.5) is 5.13 Å². The Morgan fingerprint density at radius 3 is 2.90 bits per heavy atom. The SMILES string of the molecule is CCCCCn1c(SCc2csc(NC(C)=O)n2)nc2sc3c(c2c1=O)CCCC3. The van der Waals surface area contributed by atoms with Crippen molar-refractivity contribution in [3.63, 3.8) is 0 Å². The molecule has 0 aliphatic heterocycles. The Labute approximate surface area is 188 Å². The summed E-state index contributed by atoms with van der Waals surface area (Å²) in [5.74, 6) is 0.495. The maximum absolute atomic E-state index is 13.5. The van der Waals surface area contributed by atoms with E-state index in [0.717, 1.165) is 59.6 Å². The number of nitrogens with one attached hydrogen (secondary N) is 1. The highest BCUT2D eigenvalue weighted by molar-refractivity contribution is 7.98. The van der Waals surface area contributed by atoms with Gasteiger partial charge in [0.15, 0.2) is 10.3 Å². The molecule has 9 heteroatoms. The zero-order valence-electron chi connectivity index (χ0n) is 17.3. The average molecular weight is 463 g/mol. The minimum Gasteiger partial charge on any atom is -0.302 e. The van der Waals surface area contributed by atoms with Gasteiger partial charge >= 0.3 is 0 Å². The summed E-state index contributed by atoms with van der Waals surface area (Å²) < 4.78 is 1.88. The van der Waals surface area contributed by atoms with Crippen LogP contribution in [0, 0.1) is 0 Å². The molecule has 0 aromatic carbocycles. The lowest BCUT2D eigenvalue weighted by molar-refractivity contribution is -0.114. The molecule has 3 aromatic rings. The monoisotopic (exact) mass is 462 g/mol. The van der Waals surface area contributed by atoms with Crippen molar-refractivity contribution in [1.29, 1.82) is 0 Å². The third-order valence-corrected chi connectivity index (χ3v) is 8.21. The summed E-state index contributed by atoms with van der Waals surface area (Å²) in [5, 5.41) is 6.90. The first kappa shape index (κ1) is 21.5. The van der Waals surface area contributed by atoms with Crippen molar-refractivity contribution in [3.8, 4) is 0 Å². The van der Waals surface area contributed by atoms with E-state index < -0.39 is 0 Å². The molecule has 1 aliphatic rings. The number of carbonyl (C=O) groups excluding carboxylic acids is 1. The van der Waals surface area contributed by atoms with Gasteiger partial charge in [0.05, 0.1) is 11.1 Å². The van der Waals surface area contributed by atoms with Gasteiger partial charge in [-0.25, -0.2) is 9.97 Å². The van der Waals surface area contributed by atoms with Crippen LogP contribution < -0.4 is 10.9 Å². The first-order chi connectivity index (χ1) is 14.6. The number of thioether (sulfide) groups is 1. The molecule has 30 heavy (non-hydrogen) atoms. The number of aromatic nitrogens is 3. The van der Waals surface area contributed by atoms with E-state index in [1.165, 1.54) is 35.1 Å². The molecule has 0 unspecified atom stereocenters. The fourth-order valence-electron chi connectivity index (χ4n) is 3.77. The van der Waals surface area contributed by atoms with Gasteiger partial charge in [0, 0.05) is 29.5 Å². The van der Waals surface area contributed by atoms with Crippen molar-refractivity contribution >= 4 is 55.7 Å². The van der Waals surface area contributed by atoms with Gasteiger partial charge in [-0.1, -0.05) is 31.5 Å². The van der Waals surface area contributed by atoms with E-state index >= 15 is 0 Å². The highest BCUT2D eigenvalue weighted by Gasteiger charge is 2.22. The molecule has 1 aliphatic carbocycles. The second-order valence-corrected chi connectivity index (χ2v) is 10.4. The Bertz CT molecular complexity index is 1120. The van der Waals surface area contributed by atoms with Crippen LogP contribution in [0.1, 0.15) is 62.1 Å². The topological polar surface area (TPSA) is 76.9 Å². The number of carbonyl (C=O) groups is 1. The number of amides is 1. The molecule has 1 amide bonds. The van der Waals surface area contributed by atoms with Gasteiger partial charge in [-0.2, -0.15) is 0 Å². The van der Waals surface area contributed by atoms with Crippen LogP contribution in [0.15, 0.2) is 15.3 Å². The van der Waals surface area contributed by atoms with Crippen LogP contribution in [-0.2, 0) is 29.9 Å². The fraction of sp³-hybridized carbons (Fsp3) is 0.524. The smallest absolute Gasteiger partial charge is 0.263 e. The maximum atomic E-state index is 13.5. The van der Waals surface area contributed by atoms with E-state index in [2.05, 4.69) is 17.2 Å². The molecule has 0 saturated heterocycles. The first-order valence-corrected chi connectivity index (χ1v) is 13.1. The lowest BCUT2D eigenvalue weighted by atomic mass is 9.97. The molecule has 160 valence electrons. The molecule has 6 nitrogen and oxygen atoms in total. The van der Waals surface area contributed by atoms with Crippen LogP contribution in [0.3, 0.4) is 0 Å². The second-order valence-electron chi connectivity index (χ2n) is 7.56. The number of hydrogen-bond donors (Lipinski definition) is 1. The van der Waals surface area contributed by atoms with Gasteiger partial charge in [0.25, 0.3) is 5.56 Å². The standard InChI is InChI=1S/C21H26N4O2S3/c1-3-4-7-10-25-19(27)17-15-8-5-6-9-16(15)30-18(17)24-21(25)29-12-14-11-28-20(23-14)22-13(2)26/h11H,3-10,12H2,1-2H3,(H,22,23,26). The van der Waals surface area contributed by atoms with E-state index in [9.17, 15) is 9.59 Å². The quantitative estimate of drug-likeness (QED) is 0.282. The highest BCUT2D eigenvalue weighted by atomic mass is 32.2. The zero-order chi connectivity index (χ0) is 21.1. The Kier molecular flexibility index (Phi) is 6.90. The molecule has 0 atom stereocenters. The van der Waals surface area contributed by atoms with Gasteiger partial charge in [-0.15, -0.1) is 22.7 Å². The van der Waals surface area contributed by atoms with Crippen LogP contribution >= 0.6 is 34.4 Å². The maximum Gasteiger partial charge on any atom is 0.263 e. The van der Waals surface area contributed by atoms with Crippen LogP contribution in [-0.4, -0.2) is 20.4 Å². The molecule has 3 heterocycles. The van der Waals surface area contributed by atoms with E-state index in [1.54, 1.807) is 23.1 Å². The van der Waals surface area contributed by atoms with E-state index in [4.69, 9.17) is 4.98 Å². The van der Waals surface area contributed by atoms with Gasteiger partial charge in [0.2, 0.25) is 5.91 Å². The van der Waals surface area contributed by atoms with Crippen molar-refractivity contribution < 1.29 is 4.79 Å². The lowest BCUT2D eigenvalue weighted by Gasteiger charge is -2.13. The minimum atomic E-state index is -0.123. The Balaban J connectivity index is 1.64. The van der Waals surface area contributed by atoms with Crippen LogP contribution in [0.25, 0.3) is 10.2 Å². The largest absolute Gasteiger partial charge is 0.302 e. The van der Waals surface area contributed by atoms with Crippen molar-refractivity contribution in [2.45, 2.75) is 76.2 Å². The van der Waals surface area contributed by atoms with Crippen LogP contribution in [0.5, 0.6) is 0 Å². The number of anilines is 1. The van der Waals surface area contributed by atoms with Gasteiger partial charge in [-0.3, -0.25) is 14.2 Å². The number of fused-ring (bicyclic) bond motifs is 3. The molecule has 1 N–H and O–H groups in total. The molecule has 0 saturated carbocycles. The van der Waals surface area contributed by atoms with Crippen molar-refractivity contribution in [2.24, 2.45) is 0 Å². The number of nitrogens with zero attached hydrogens (tertiary/aromatic N) is 3. The highest BCUT2D eigenvalue weighted by Crippen LogP contribution is 2.35. The summed E-state index contributed by atoms with van der Waals surface area (Å²) in [6, 6.07) is 0. The third kappa shape index (κ3) is 4.63. The predicted molar refractivity (Wildman–Crippen MR) is 126 cm³/mol. The summed E-state index contributed by atoms with van der Waals surface area (Å²) in [7, 11) is 0. The number of thiophene rings is 1. The summed E-state index contributed by atoms with van der Waals surface area (Å²) in [6.45, 7) is 4.35. The van der Waals surface area contributed by atoms with Gasteiger partial charge < -0.3 is 5.32 Å². The van der Waals surface area contributed by atoms with Crippen molar-refractivity contribution in [1.82, 2.24) is 14.5 Å². The molecule has 4 rings (SSSR count). The third-order valence-electron chi connectivity index (χ3n) is 5.21. The number of unbranched alkanes of at least 4 members (excludes halogenated alkanes) is 2. The van der Waals surface area contributed by atoms with Crippen molar-refractivity contribution in [2.75, 3.05) is 5.32 Å². The molecular weight excluding hydrogens is 436 g/mol. The molecular formula is C21H26N4O2S3. The second kappa shape index (κ2) is 9.62. The molecule has 0 radical (unpaired) electrons. The fourth-order valence-corrected chi connectivity index (χ4v) is 6.85. The average Bonchev–Trinajstić information content (AvgIpc) is 3.31. The number of aryl methyl sites for hydroxylation is 2. The number of thiazole rings is 1. The molecule has 0 spiro atoms. The molecule has 0 bridgehead atoms. The summed E-state index contributed by atoms with van der Waals surface area (Å²) >= 11 is 4.67. The summed E-state index contributed by atoms with van der Waals surface area (Å²) in [5.41, 5.74) is 2.25. The van der Waals surface area contributed by atoms with E-state index in [0.29, 0.717) is 17.4 Å². The zero-order valence-corrected chi connectivity index (χ0v) is 19.8. The van der Waals surface area contributed by atoms with Gasteiger partial charge in [0.1, 0.15) is 4.83 Å². The Morgan fingerprint density at radius 1 is 1.27 bits per heavy atom. The van der Waals surface area contributed by atoms with E-state index in [1.807, 2.05) is 9.95 Å². The molecule has 0 fully saturated rings. The Hall–Kier alpha value is -1.71. The normalized spacial score (nSPS) is 13.5. The van der Waals surface area contributed by atoms with E-state index in [-0.39, 0.29) is 11.5 Å². The predicted octanol–water partition coefficient (Wildman–Crippen LogP) is 5.23. The number of hydrogen-bond acceptors (Lipinski definition) is 7. The minimum absolute atomic E-state index is 0.121. The summed E-state index contributed by atoms with van der Waals surface area (Å²) in [4.78, 5) is 36.3. The van der Waals surface area contributed by atoms with Crippen LogP contribution in [0.2, 0.25) is 0 Å². The van der Waals surface area contributed by atoms with Gasteiger partial charge in [-0.05, 0) is 37.7 Å². The molecule has 3 aromatic heterocycles. The number of rotatable bonds is 8. The van der Waals surface area contributed by atoms with Crippen molar-refractivity contribution in [3.05, 3.63) is 31.9 Å². The lowest BCUT2D eigenvalue weighted by Crippen LogP contribution is -2.24. The first-order valence-electron chi connectivity index (χ1n) is 10.5.